The molecule has 0 bridgehead atoms. The smallest absolute Gasteiger partial charge is 0.326 e. The second-order valence-corrected chi connectivity index (χ2v) is 4.51. The molecule has 0 radical (unpaired) electrons. The fraction of sp³-hybridized carbons (Fsp3) is 0.273. The van der Waals surface area contributed by atoms with Gasteiger partial charge in [0, 0.05) is 13.2 Å². The van der Waals surface area contributed by atoms with Gasteiger partial charge in [0.25, 0.3) is 0 Å². The lowest BCUT2D eigenvalue weighted by Crippen LogP contribution is -2.35. The van der Waals surface area contributed by atoms with E-state index in [1.54, 1.807) is 36.4 Å². The maximum absolute atomic E-state index is 10.9. The summed E-state index contributed by atoms with van der Waals surface area (Å²) in [6, 6.07) is 3.23. The molecule has 0 aromatic carbocycles. The Kier molecular flexibility index (Phi) is 2.78. The maximum atomic E-state index is 10.9. The minimum absolute atomic E-state index is 0.548. The van der Waals surface area contributed by atoms with Crippen molar-refractivity contribution in [3.63, 3.8) is 0 Å². The Hall–Kier alpha value is -1.62. The van der Waals surface area contributed by atoms with Crippen LogP contribution in [0.15, 0.2) is 23.7 Å². The molecule has 2 heterocycles. The number of carboxylic acids is 1. The largest absolute Gasteiger partial charge is 0.480 e. The van der Waals surface area contributed by atoms with Crippen LogP contribution < -0.4 is 4.90 Å². The van der Waals surface area contributed by atoms with Gasteiger partial charge in [0.15, 0.2) is 0 Å². The van der Waals surface area contributed by atoms with Gasteiger partial charge in [0.1, 0.15) is 6.04 Å². The topological polar surface area (TPSA) is 53.4 Å². The second kappa shape index (κ2) is 4.09. The third-order valence-corrected chi connectivity index (χ3v) is 3.57. The molecule has 0 amide bonds. The summed E-state index contributed by atoms with van der Waals surface area (Å²) in [7, 11) is 1.78. The zero-order valence-electron chi connectivity index (χ0n) is 9.04. The first-order chi connectivity index (χ1) is 7.61. The quantitative estimate of drug-likeness (QED) is 0.887. The van der Waals surface area contributed by atoms with Gasteiger partial charge < -0.3 is 10.0 Å². The minimum Gasteiger partial charge on any atom is -0.480 e. The first-order valence-corrected chi connectivity index (χ1v) is 5.77. The van der Waals surface area contributed by atoms with Gasteiger partial charge in [0.05, 0.1) is 15.9 Å². The van der Waals surface area contributed by atoms with E-state index in [9.17, 15) is 4.79 Å². The molecule has 5 heteroatoms. The van der Waals surface area contributed by atoms with Crippen molar-refractivity contribution >= 4 is 33.2 Å². The van der Waals surface area contributed by atoms with Crippen LogP contribution in [0, 0.1) is 0 Å². The molecule has 4 nitrogen and oxygen atoms in total. The highest BCUT2D eigenvalue weighted by Crippen LogP contribution is 2.30. The minimum atomic E-state index is -0.830. The lowest BCUT2D eigenvalue weighted by atomic mass is 10.2. The first-order valence-electron chi connectivity index (χ1n) is 4.89. The molecule has 0 aliphatic heterocycles. The van der Waals surface area contributed by atoms with Crippen molar-refractivity contribution in [2.24, 2.45) is 0 Å². The molecule has 0 fully saturated rings. The number of thiophene rings is 1. The van der Waals surface area contributed by atoms with Gasteiger partial charge in [-0.1, -0.05) is 0 Å². The highest BCUT2D eigenvalue weighted by molar-refractivity contribution is 7.17. The number of hydrogen-bond acceptors (Lipinski definition) is 4. The Morgan fingerprint density at radius 2 is 2.31 bits per heavy atom. The van der Waals surface area contributed by atoms with Gasteiger partial charge in [-0.2, -0.15) is 0 Å². The third-order valence-electron chi connectivity index (χ3n) is 2.64. The Morgan fingerprint density at radius 1 is 1.56 bits per heavy atom. The van der Waals surface area contributed by atoms with Crippen molar-refractivity contribution in [2.75, 3.05) is 11.9 Å². The summed E-state index contributed by atoms with van der Waals surface area (Å²) in [5, 5.41) is 10.9. The number of hydrogen-bond donors (Lipinski definition) is 1. The van der Waals surface area contributed by atoms with E-state index >= 15 is 0 Å². The Labute approximate surface area is 97.1 Å². The summed E-state index contributed by atoms with van der Waals surface area (Å²) in [4.78, 5) is 16.9. The summed E-state index contributed by atoms with van der Waals surface area (Å²) < 4.78 is 1.03. The van der Waals surface area contributed by atoms with Crippen molar-refractivity contribution < 1.29 is 9.90 Å². The van der Waals surface area contributed by atoms with Gasteiger partial charge in [-0.3, -0.25) is 4.98 Å². The lowest BCUT2D eigenvalue weighted by Gasteiger charge is -2.23. The van der Waals surface area contributed by atoms with E-state index in [1.165, 1.54) is 0 Å². The normalized spacial score (nSPS) is 12.6. The Bertz CT molecular complexity index is 523. The average molecular weight is 236 g/mol. The average Bonchev–Trinajstić information content (AvgIpc) is 2.74. The zero-order chi connectivity index (χ0) is 11.7. The maximum Gasteiger partial charge on any atom is 0.326 e. The van der Waals surface area contributed by atoms with Crippen LogP contribution in [0.2, 0.25) is 0 Å². The molecule has 1 unspecified atom stereocenters. The first kappa shape index (κ1) is 10.9. The van der Waals surface area contributed by atoms with Gasteiger partial charge in [0.2, 0.25) is 0 Å². The number of rotatable bonds is 3. The highest BCUT2D eigenvalue weighted by atomic mass is 32.1. The van der Waals surface area contributed by atoms with Crippen LogP contribution in [-0.4, -0.2) is 29.1 Å². The van der Waals surface area contributed by atoms with Crippen LogP contribution in [0.1, 0.15) is 6.92 Å². The standard InChI is InChI=1S/C11H12N2O2S/c1-7(11(14)15)13(2)9-3-5-12-8-4-6-16-10(8)9/h3-7H,1-2H3,(H,14,15). The van der Waals surface area contributed by atoms with Crippen molar-refractivity contribution in [2.45, 2.75) is 13.0 Å². The van der Waals surface area contributed by atoms with Gasteiger partial charge in [-0.25, -0.2) is 4.79 Å². The van der Waals surface area contributed by atoms with E-state index in [0.29, 0.717) is 0 Å². The van der Waals surface area contributed by atoms with Crippen molar-refractivity contribution in [3.05, 3.63) is 23.7 Å². The molecule has 1 N–H and O–H groups in total. The lowest BCUT2D eigenvalue weighted by molar-refractivity contribution is -0.138. The summed E-state index contributed by atoms with van der Waals surface area (Å²) in [6.45, 7) is 1.67. The number of carboxylic acid groups (broad SMARTS) is 1. The van der Waals surface area contributed by atoms with Crippen LogP contribution >= 0.6 is 11.3 Å². The summed E-state index contributed by atoms with van der Waals surface area (Å²) >= 11 is 1.57. The zero-order valence-corrected chi connectivity index (χ0v) is 9.86. The van der Waals surface area contributed by atoms with E-state index in [-0.39, 0.29) is 0 Å². The number of nitrogens with zero attached hydrogens (tertiary/aromatic N) is 2. The van der Waals surface area contributed by atoms with E-state index in [1.807, 2.05) is 17.5 Å². The van der Waals surface area contributed by atoms with Crippen LogP contribution in [-0.2, 0) is 4.79 Å². The van der Waals surface area contributed by atoms with Gasteiger partial charge in [-0.15, -0.1) is 11.3 Å². The summed E-state index contributed by atoms with van der Waals surface area (Å²) in [5.41, 5.74) is 1.82. The van der Waals surface area contributed by atoms with E-state index in [4.69, 9.17) is 5.11 Å². The number of carbonyl (C=O) groups is 1. The van der Waals surface area contributed by atoms with Crippen molar-refractivity contribution in [1.82, 2.24) is 4.98 Å². The molecule has 0 aliphatic carbocycles. The number of aromatic nitrogens is 1. The SMILES string of the molecule is CC(C(=O)O)N(C)c1ccnc2ccsc12. The molecule has 2 aromatic rings. The molecule has 2 rings (SSSR count). The van der Waals surface area contributed by atoms with E-state index < -0.39 is 12.0 Å². The highest BCUT2D eigenvalue weighted by Gasteiger charge is 2.19. The van der Waals surface area contributed by atoms with Crippen LogP contribution in [0.4, 0.5) is 5.69 Å². The summed E-state index contributed by atoms with van der Waals surface area (Å²) in [5.74, 6) is -0.830. The number of pyridine rings is 1. The van der Waals surface area contributed by atoms with E-state index in [2.05, 4.69) is 4.98 Å². The molecular formula is C11H12N2O2S. The monoisotopic (exact) mass is 236 g/mol. The van der Waals surface area contributed by atoms with Crippen LogP contribution in [0.3, 0.4) is 0 Å². The molecule has 0 aliphatic rings. The predicted molar refractivity (Wildman–Crippen MR) is 65.1 cm³/mol. The molecule has 0 saturated carbocycles. The van der Waals surface area contributed by atoms with Crippen molar-refractivity contribution in [1.29, 1.82) is 0 Å². The Morgan fingerprint density at radius 3 is 3.00 bits per heavy atom. The van der Waals surface area contributed by atoms with E-state index in [0.717, 1.165) is 15.9 Å². The molecule has 2 aromatic heterocycles. The molecule has 16 heavy (non-hydrogen) atoms. The van der Waals surface area contributed by atoms with Crippen molar-refractivity contribution in [3.8, 4) is 0 Å². The van der Waals surface area contributed by atoms with Crippen LogP contribution in [0.25, 0.3) is 10.2 Å². The molecule has 0 spiro atoms. The molecule has 0 saturated heterocycles. The third kappa shape index (κ3) is 1.74. The number of aliphatic carboxylic acids is 1. The second-order valence-electron chi connectivity index (χ2n) is 3.59. The Balaban J connectivity index is 2.46. The van der Waals surface area contributed by atoms with Crippen LogP contribution in [0.5, 0.6) is 0 Å². The predicted octanol–water partition coefficient (Wildman–Crippen LogP) is 2.21. The number of likely N-dealkylation sites (N-methyl/N-ethyl adjacent to an activating group) is 1. The number of fused-ring (bicyclic) bond motifs is 1. The van der Waals surface area contributed by atoms with Gasteiger partial charge >= 0.3 is 5.97 Å². The number of anilines is 1. The fourth-order valence-corrected chi connectivity index (χ4v) is 2.42. The molecule has 84 valence electrons. The van der Waals surface area contributed by atoms with Gasteiger partial charge in [-0.05, 0) is 24.4 Å². The summed E-state index contributed by atoms with van der Waals surface area (Å²) in [6.07, 6.45) is 1.70. The molecular weight excluding hydrogens is 224 g/mol. The molecule has 1 atom stereocenters. The fourth-order valence-electron chi connectivity index (χ4n) is 1.51.